The molecule has 4 heteroatoms. The minimum absolute atomic E-state index is 0.0911. The predicted octanol–water partition coefficient (Wildman–Crippen LogP) is 2.52. The fourth-order valence-electron chi connectivity index (χ4n) is 1.28. The number of halogens is 1. The third-order valence-corrected chi connectivity index (χ3v) is 2.27. The first-order valence-corrected chi connectivity index (χ1v) is 4.68. The predicted molar refractivity (Wildman–Crippen MR) is 54.2 cm³/mol. The zero-order chi connectivity index (χ0) is 10.7. The van der Waals surface area contributed by atoms with Gasteiger partial charge in [0.05, 0.1) is 10.6 Å². The van der Waals surface area contributed by atoms with Crippen molar-refractivity contribution in [3.8, 4) is 11.5 Å². The quantitative estimate of drug-likeness (QED) is 0.761. The molecule has 0 aromatic heterocycles. The summed E-state index contributed by atoms with van der Waals surface area (Å²) in [6.07, 6.45) is 1.84. The van der Waals surface area contributed by atoms with E-state index in [1.165, 1.54) is 6.07 Å². The SMILES string of the molecule is CCCc1cc(Cl)c(O)c(C=O)c1O. The highest BCUT2D eigenvalue weighted by Crippen LogP contribution is 2.36. The van der Waals surface area contributed by atoms with E-state index in [0.717, 1.165) is 6.42 Å². The lowest BCUT2D eigenvalue weighted by Gasteiger charge is -2.08. The molecule has 0 radical (unpaired) electrons. The van der Waals surface area contributed by atoms with Gasteiger partial charge in [-0.3, -0.25) is 4.79 Å². The number of carbonyl (C=O) groups is 1. The summed E-state index contributed by atoms with van der Waals surface area (Å²) in [5.74, 6) is -0.539. The van der Waals surface area contributed by atoms with Crippen LogP contribution in [0.25, 0.3) is 0 Å². The third-order valence-electron chi connectivity index (χ3n) is 1.98. The number of rotatable bonds is 3. The molecule has 0 aliphatic carbocycles. The largest absolute Gasteiger partial charge is 0.507 e. The van der Waals surface area contributed by atoms with E-state index in [1.807, 2.05) is 6.92 Å². The Kier molecular flexibility index (Phi) is 3.36. The van der Waals surface area contributed by atoms with E-state index in [1.54, 1.807) is 0 Å². The average molecular weight is 215 g/mol. The van der Waals surface area contributed by atoms with Gasteiger partial charge < -0.3 is 10.2 Å². The number of carbonyl (C=O) groups excluding carboxylic acids is 1. The molecule has 0 saturated carbocycles. The molecule has 0 bridgehead atoms. The average Bonchev–Trinajstić information content (AvgIpc) is 2.16. The highest BCUT2D eigenvalue weighted by atomic mass is 35.5. The van der Waals surface area contributed by atoms with Gasteiger partial charge in [-0.1, -0.05) is 24.9 Å². The molecule has 2 N–H and O–H groups in total. The van der Waals surface area contributed by atoms with Crippen LogP contribution < -0.4 is 0 Å². The van der Waals surface area contributed by atoms with Crippen LogP contribution in [0.3, 0.4) is 0 Å². The van der Waals surface area contributed by atoms with Crippen LogP contribution in [-0.2, 0) is 6.42 Å². The van der Waals surface area contributed by atoms with Gasteiger partial charge in [-0.2, -0.15) is 0 Å². The maximum atomic E-state index is 10.6. The Bertz CT molecular complexity index is 361. The van der Waals surface area contributed by atoms with Crippen molar-refractivity contribution in [2.45, 2.75) is 19.8 Å². The summed E-state index contributed by atoms with van der Waals surface area (Å²) >= 11 is 5.69. The first-order chi connectivity index (χ1) is 6.61. The number of phenols is 2. The summed E-state index contributed by atoms with van der Waals surface area (Å²) in [5.41, 5.74) is 0.443. The number of aldehydes is 1. The van der Waals surface area contributed by atoms with Crippen LogP contribution in [0.1, 0.15) is 29.3 Å². The lowest BCUT2D eigenvalue weighted by atomic mass is 10.0. The van der Waals surface area contributed by atoms with E-state index in [0.29, 0.717) is 18.3 Å². The number of benzene rings is 1. The van der Waals surface area contributed by atoms with Crippen LogP contribution in [0.4, 0.5) is 0 Å². The van der Waals surface area contributed by atoms with Crippen LogP contribution in [-0.4, -0.2) is 16.5 Å². The zero-order valence-corrected chi connectivity index (χ0v) is 8.51. The highest BCUT2D eigenvalue weighted by Gasteiger charge is 2.14. The summed E-state index contributed by atoms with van der Waals surface area (Å²) < 4.78 is 0. The fourth-order valence-corrected chi connectivity index (χ4v) is 1.51. The topological polar surface area (TPSA) is 57.5 Å². The van der Waals surface area contributed by atoms with E-state index in [2.05, 4.69) is 0 Å². The lowest BCUT2D eigenvalue weighted by molar-refractivity contribution is 0.111. The molecule has 0 spiro atoms. The summed E-state index contributed by atoms with van der Waals surface area (Å²) in [6.45, 7) is 1.95. The molecule has 1 aromatic rings. The van der Waals surface area contributed by atoms with Gasteiger partial charge in [0.1, 0.15) is 11.5 Å². The molecule has 0 aliphatic rings. The Labute approximate surface area is 86.9 Å². The van der Waals surface area contributed by atoms with Gasteiger partial charge in [0.2, 0.25) is 0 Å². The molecule has 0 unspecified atom stereocenters. The summed E-state index contributed by atoms with van der Waals surface area (Å²) in [5, 5.41) is 19.0. The Morgan fingerprint density at radius 1 is 1.43 bits per heavy atom. The summed E-state index contributed by atoms with van der Waals surface area (Å²) in [6, 6.07) is 1.47. The van der Waals surface area contributed by atoms with E-state index in [9.17, 15) is 15.0 Å². The number of aromatic hydroxyl groups is 2. The minimum Gasteiger partial charge on any atom is -0.507 e. The molecule has 0 aliphatic heterocycles. The van der Waals surface area contributed by atoms with Crippen molar-refractivity contribution in [2.24, 2.45) is 0 Å². The van der Waals surface area contributed by atoms with Crippen molar-refractivity contribution in [1.29, 1.82) is 0 Å². The standard InChI is InChI=1S/C10H11ClO3/c1-2-3-6-4-8(11)10(14)7(5-12)9(6)13/h4-5,13-14H,2-3H2,1H3. The normalized spacial score (nSPS) is 10.1. The van der Waals surface area contributed by atoms with Crippen LogP contribution in [0, 0.1) is 0 Å². The van der Waals surface area contributed by atoms with Crippen LogP contribution in [0.2, 0.25) is 5.02 Å². The fraction of sp³-hybridized carbons (Fsp3) is 0.300. The Hall–Kier alpha value is -1.22. The molecule has 14 heavy (non-hydrogen) atoms. The second-order valence-electron chi connectivity index (χ2n) is 3.00. The lowest BCUT2D eigenvalue weighted by Crippen LogP contribution is -1.91. The van der Waals surface area contributed by atoms with Gasteiger partial charge in [-0.05, 0) is 18.1 Å². The van der Waals surface area contributed by atoms with Crippen LogP contribution >= 0.6 is 11.6 Å². The van der Waals surface area contributed by atoms with E-state index >= 15 is 0 Å². The maximum Gasteiger partial charge on any atom is 0.157 e. The summed E-state index contributed by atoms with van der Waals surface area (Å²) in [4.78, 5) is 10.6. The molecule has 76 valence electrons. The van der Waals surface area contributed by atoms with Gasteiger partial charge in [-0.15, -0.1) is 0 Å². The third kappa shape index (κ3) is 1.82. The molecule has 0 amide bonds. The van der Waals surface area contributed by atoms with E-state index in [-0.39, 0.29) is 22.1 Å². The monoisotopic (exact) mass is 214 g/mol. The molecule has 0 saturated heterocycles. The van der Waals surface area contributed by atoms with Crippen molar-refractivity contribution in [3.05, 3.63) is 22.2 Å². The first-order valence-electron chi connectivity index (χ1n) is 4.30. The second kappa shape index (κ2) is 4.33. The van der Waals surface area contributed by atoms with Crippen LogP contribution in [0.15, 0.2) is 6.07 Å². The molecule has 0 atom stereocenters. The molecule has 1 rings (SSSR count). The Morgan fingerprint density at radius 3 is 2.57 bits per heavy atom. The molecule has 0 fully saturated rings. The van der Waals surface area contributed by atoms with E-state index in [4.69, 9.17) is 11.6 Å². The molecule has 1 aromatic carbocycles. The maximum absolute atomic E-state index is 10.6. The van der Waals surface area contributed by atoms with Gasteiger partial charge in [-0.25, -0.2) is 0 Å². The number of phenolic OH excluding ortho intramolecular Hbond substituents is 2. The Morgan fingerprint density at radius 2 is 2.07 bits per heavy atom. The first kappa shape index (κ1) is 10.9. The van der Waals surface area contributed by atoms with Gasteiger partial charge in [0.25, 0.3) is 0 Å². The summed E-state index contributed by atoms with van der Waals surface area (Å²) in [7, 11) is 0. The molecule has 3 nitrogen and oxygen atoms in total. The number of aryl methyl sites for hydroxylation is 1. The Balaban J connectivity index is 3.34. The highest BCUT2D eigenvalue weighted by molar-refractivity contribution is 6.32. The molecular formula is C10H11ClO3. The van der Waals surface area contributed by atoms with Crippen molar-refractivity contribution in [2.75, 3.05) is 0 Å². The van der Waals surface area contributed by atoms with Crippen molar-refractivity contribution in [1.82, 2.24) is 0 Å². The van der Waals surface area contributed by atoms with Crippen LogP contribution in [0.5, 0.6) is 11.5 Å². The number of hydrogen-bond acceptors (Lipinski definition) is 3. The number of hydrogen-bond donors (Lipinski definition) is 2. The molecular weight excluding hydrogens is 204 g/mol. The minimum atomic E-state index is -0.362. The van der Waals surface area contributed by atoms with Gasteiger partial charge in [0.15, 0.2) is 6.29 Å². The van der Waals surface area contributed by atoms with Gasteiger partial charge >= 0.3 is 0 Å². The zero-order valence-electron chi connectivity index (χ0n) is 7.75. The van der Waals surface area contributed by atoms with Crippen molar-refractivity contribution >= 4 is 17.9 Å². The van der Waals surface area contributed by atoms with Crippen molar-refractivity contribution in [3.63, 3.8) is 0 Å². The smallest absolute Gasteiger partial charge is 0.157 e. The van der Waals surface area contributed by atoms with Crippen molar-refractivity contribution < 1.29 is 15.0 Å². The van der Waals surface area contributed by atoms with Gasteiger partial charge in [0, 0.05) is 0 Å². The molecule has 0 heterocycles. The van der Waals surface area contributed by atoms with E-state index < -0.39 is 0 Å². The second-order valence-corrected chi connectivity index (χ2v) is 3.40.